The number of aliphatic hydroxyl groups excluding tert-OH is 1. The lowest BCUT2D eigenvalue weighted by Gasteiger charge is -2.49. The summed E-state index contributed by atoms with van der Waals surface area (Å²) in [6.07, 6.45) is 14.5. The Morgan fingerprint density at radius 1 is 1.08 bits per heavy atom. The molecule has 4 fully saturated rings. The van der Waals surface area contributed by atoms with E-state index in [1.165, 1.54) is 63.5 Å². The number of piperidine rings is 1. The maximum atomic E-state index is 10.3. The fourth-order valence-electron chi connectivity index (χ4n) is 10.4. The summed E-state index contributed by atoms with van der Waals surface area (Å²) in [5.41, 5.74) is 6.82. The normalized spacial score (nSPS) is 45.6. The number of aliphatic hydroxyl groups is 1. The van der Waals surface area contributed by atoms with Crippen LogP contribution in [0.25, 0.3) is 0 Å². The Balaban J connectivity index is 1.15. The Hall–Kier alpha value is -1.42. The molecule has 2 aliphatic heterocycles. The second-order valence-corrected chi connectivity index (χ2v) is 14.0. The molecule has 1 N–H and O–H groups in total. The van der Waals surface area contributed by atoms with Crippen molar-refractivity contribution >= 4 is 0 Å². The van der Waals surface area contributed by atoms with Crippen LogP contribution in [0.5, 0.6) is 0 Å². The van der Waals surface area contributed by atoms with E-state index >= 15 is 0 Å². The molecule has 0 amide bonds. The van der Waals surface area contributed by atoms with Crippen LogP contribution in [0.4, 0.5) is 0 Å². The van der Waals surface area contributed by atoms with Gasteiger partial charge in [-0.05, 0) is 106 Å². The smallest absolute Gasteiger partial charge is 0.0765 e. The van der Waals surface area contributed by atoms with Crippen LogP contribution in [0.3, 0.4) is 0 Å². The summed E-state index contributed by atoms with van der Waals surface area (Å²) in [5.74, 6) is 2.93. The third-order valence-corrected chi connectivity index (χ3v) is 12.3. The van der Waals surface area contributed by atoms with E-state index in [2.05, 4.69) is 62.1 Å². The highest BCUT2D eigenvalue weighted by Crippen LogP contribution is 2.64. The highest BCUT2D eigenvalue weighted by molar-refractivity contribution is 5.33. The summed E-state index contributed by atoms with van der Waals surface area (Å²) in [5, 5.41) is 10.3. The molecule has 3 heteroatoms. The number of hydrogen-bond acceptors (Lipinski definition) is 3. The van der Waals surface area contributed by atoms with E-state index in [9.17, 15) is 5.11 Å². The van der Waals surface area contributed by atoms with Crippen LogP contribution < -0.4 is 0 Å². The molecule has 2 heterocycles. The van der Waals surface area contributed by atoms with Crippen molar-refractivity contribution in [1.29, 1.82) is 0 Å². The molecule has 3 nitrogen and oxygen atoms in total. The number of likely N-dealkylation sites (tertiary alicyclic amines) is 1. The number of fused-ring (bicyclic) bond motifs is 6. The molecular weight excluding hydrogens is 454 g/mol. The topological polar surface area (TPSA) is 32.7 Å². The average molecular weight is 502 g/mol. The van der Waals surface area contributed by atoms with E-state index in [4.69, 9.17) is 4.74 Å². The second-order valence-electron chi connectivity index (χ2n) is 14.0. The first kappa shape index (κ1) is 24.6. The molecule has 7 rings (SSSR count). The molecule has 1 aromatic carbocycles. The average Bonchev–Trinajstić information content (AvgIpc) is 3.36. The van der Waals surface area contributed by atoms with Crippen molar-refractivity contribution in [2.75, 3.05) is 6.54 Å². The number of rotatable bonds is 2. The second kappa shape index (κ2) is 9.07. The number of allylic oxidation sites excluding steroid dienone is 2. The lowest BCUT2D eigenvalue weighted by Crippen LogP contribution is -2.49. The number of nitrogens with zero attached hydrogens (tertiary/aromatic N) is 1. The highest BCUT2D eigenvalue weighted by Gasteiger charge is 2.59. The van der Waals surface area contributed by atoms with Crippen molar-refractivity contribution in [1.82, 2.24) is 4.90 Å². The molecule has 9 unspecified atom stereocenters. The highest BCUT2D eigenvalue weighted by atomic mass is 16.5. The van der Waals surface area contributed by atoms with E-state index in [-0.39, 0.29) is 11.7 Å². The minimum absolute atomic E-state index is 0.0180. The van der Waals surface area contributed by atoms with Crippen LogP contribution in [0.1, 0.15) is 90.5 Å². The maximum absolute atomic E-state index is 10.3. The molecule has 2 saturated heterocycles. The molecule has 0 radical (unpaired) electrons. The lowest BCUT2D eigenvalue weighted by molar-refractivity contribution is -0.0735. The van der Waals surface area contributed by atoms with Gasteiger partial charge in [0.25, 0.3) is 0 Å². The van der Waals surface area contributed by atoms with Gasteiger partial charge in [-0.25, -0.2) is 0 Å². The number of ether oxygens (including phenoxy) is 1. The van der Waals surface area contributed by atoms with Crippen molar-refractivity contribution in [3.05, 3.63) is 58.7 Å². The Bertz CT molecular complexity index is 1090. The zero-order valence-electron chi connectivity index (χ0n) is 23.3. The zero-order valence-corrected chi connectivity index (χ0v) is 23.3. The van der Waals surface area contributed by atoms with E-state index < -0.39 is 0 Å². The predicted molar refractivity (Wildman–Crippen MR) is 149 cm³/mol. The minimum Gasteiger partial charge on any atom is -0.389 e. The van der Waals surface area contributed by atoms with Crippen LogP contribution in [0.2, 0.25) is 0 Å². The summed E-state index contributed by atoms with van der Waals surface area (Å²) in [7, 11) is 0. The summed E-state index contributed by atoms with van der Waals surface area (Å²) < 4.78 is 7.23. The van der Waals surface area contributed by atoms with Gasteiger partial charge in [-0.15, -0.1) is 0 Å². The Labute approximate surface area is 224 Å². The van der Waals surface area contributed by atoms with Gasteiger partial charge in [0.05, 0.1) is 17.8 Å². The van der Waals surface area contributed by atoms with Gasteiger partial charge in [0.1, 0.15) is 0 Å². The molecule has 6 aliphatic rings. The van der Waals surface area contributed by atoms with Gasteiger partial charge in [-0.2, -0.15) is 0 Å². The van der Waals surface area contributed by atoms with E-state index in [1.807, 2.05) is 5.57 Å². The first-order valence-electron chi connectivity index (χ1n) is 15.4. The van der Waals surface area contributed by atoms with Crippen LogP contribution in [-0.4, -0.2) is 40.4 Å². The van der Waals surface area contributed by atoms with Crippen LogP contribution in [0, 0.1) is 29.1 Å². The first-order chi connectivity index (χ1) is 17.9. The van der Waals surface area contributed by atoms with Gasteiger partial charge in [0.2, 0.25) is 0 Å². The SMILES string of the molecule is CC1=C2CC3C(CCC4=CC(O)CCC43C)C2CCC2(C1)OC1CCCN(Cc3ccccc3)C1C2C. The fraction of sp³-hybridized carbons (Fsp3) is 0.706. The summed E-state index contributed by atoms with van der Waals surface area (Å²) in [6.45, 7) is 9.80. The van der Waals surface area contributed by atoms with Crippen molar-refractivity contribution < 1.29 is 9.84 Å². The Kier molecular flexibility index (Phi) is 6.03. The zero-order chi connectivity index (χ0) is 25.4. The van der Waals surface area contributed by atoms with Crippen LogP contribution in [0.15, 0.2) is 53.1 Å². The van der Waals surface area contributed by atoms with Gasteiger partial charge in [-0.3, -0.25) is 4.90 Å². The molecule has 1 spiro atoms. The van der Waals surface area contributed by atoms with Crippen LogP contribution in [-0.2, 0) is 11.3 Å². The molecule has 2 saturated carbocycles. The third-order valence-electron chi connectivity index (χ3n) is 12.3. The third kappa shape index (κ3) is 3.85. The van der Waals surface area contributed by atoms with Gasteiger partial charge in [-0.1, -0.05) is 67.0 Å². The number of hydrogen-bond donors (Lipinski definition) is 1. The molecule has 9 atom stereocenters. The molecular formula is C34H47NO2. The van der Waals surface area contributed by atoms with Gasteiger partial charge in [0, 0.05) is 18.5 Å². The predicted octanol–water partition coefficient (Wildman–Crippen LogP) is 7.06. The Morgan fingerprint density at radius 3 is 2.76 bits per heavy atom. The molecule has 1 aromatic rings. The van der Waals surface area contributed by atoms with Crippen molar-refractivity contribution in [3.8, 4) is 0 Å². The van der Waals surface area contributed by atoms with Crippen molar-refractivity contribution in [2.24, 2.45) is 29.1 Å². The lowest BCUT2D eigenvalue weighted by atomic mass is 9.56. The van der Waals surface area contributed by atoms with Crippen LogP contribution >= 0.6 is 0 Å². The summed E-state index contributed by atoms with van der Waals surface area (Å²) in [6, 6.07) is 11.6. The summed E-state index contributed by atoms with van der Waals surface area (Å²) >= 11 is 0. The van der Waals surface area contributed by atoms with Gasteiger partial charge in [0.15, 0.2) is 0 Å². The quantitative estimate of drug-likeness (QED) is 0.440. The maximum Gasteiger partial charge on any atom is 0.0765 e. The molecule has 0 aromatic heterocycles. The van der Waals surface area contributed by atoms with Crippen molar-refractivity contribution in [2.45, 2.75) is 115 Å². The molecule has 200 valence electrons. The van der Waals surface area contributed by atoms with E-state index in [0.29, 0.717) is 23.5 Å². The largest absolute Gasteiger partial charge is 0.389 e. The van der Waals surface area contributed by atoms with Gasteiger partial charge >= 0.3 is 0 Å². The van der Waals surface area contributed by atoms with E-state index in [0.717, 1.165) is 37.1 Å². The molecule has 0 bridgehead atoms. The number of benzene rings is 1. The van der Waals surface area contributed by atoms with E-state index in [1.54, 1.807) is 11.1 Å². The Morgan fingerprint density at radius 2 is 1.92 bits per heavy atom. The molecule has 37 heavy (non-hydrogen) atoms. The van der Waals surface area contributed by atoms with Crippen molar-refractivity contribution in [3.63, 3.8) is 0 Å². The molecule has 4 aliphatic carbocycles. The first-order valence-corrected chi connectivity index (χ1v) is 15.4. The standard InChI is InChI=1S/C34H47NO2/c1-22-20-34(23(2)32-31(37-34)10-7-17-35(32)21-24-8-5-4-6-9-24)16-14-27-28-12-11-25-18-26(36)13-15-33(25,3)30(28)19-29(22)27/h4-6,8-9,18,23,26-28,30-32,36H,7,10-17,19-21H2,1-3H3. The monoisotopic (exact) mass is 501 g/mol. The fourth-order valence-corrected chi connectivity index (χ4v) is 10.4. The van der Waals surface area contributed by atoms with Gasteiger partial charge < -0.3 is 9.84 Å². The minimum atomic E-state index is -0.210. The summed E-state index contributed by atoms with van der Waals surface area (Å²) in [4.78, 5) is 2.76.